The first-order valence-corrected chi connectivity index (χ1v) is 7.23. The molecule has 0 aromatic heterocycles. The lowest BCUT2D eigenvalue weighted by molar-refractivity contribution is -0.151. The molecule has 1 fully saturated rings. The molecule has 0 aromatic carbocycles. The molecule has 0 heterocycles. The van der Waals surface area contributed by atoms with E-state index >= 15 is 0 Å². The summed E-state index contributed by atoms with van der Waals surface area (Å²) in [7, 11) is 1.54. The lowest BCUT2D eigenvalue weighted by atomic mass is 9.57. The smallest absolute Gasteiger partial charge is 0.159 e. The van der Waals surface area contributed by atoms with Crippen LogP contribution in [-0.4, -0.2) is 37.9 Å². The highest BCUT2D eigenvalue weighted by Gasteiger charge is 2.50. The van der Waals surface area contributed by atoms with E-state index in [4.69, 9.17) is 9.47 Å². The highest BCUT2D eigenvalue weighted by Crippen LogP contribution is 2.48. The molecular weight excluding hydrogens is 272 g/mol. The summed E-state index contributed by atoms with van der Waals surface area (Å²) in [6.07, 6.45) is 2.96. The fourth-order valence-electron chi connectivity index (χ4n) is 3.54. The van der Waals surface area contributed by atoms with Gasteiger partial charge in [-0.3, -0.25) is 14.4 Å². The average molecular weight is 294 g/mol. The first kappa shape index (κ1) is 16.0. The van der Waals surface area contributed by atoms with Crippen molar-refractivity contribution in [2.75, 3.05) is 13.9 Å². The molecule has 0 aliphatic heterocycles. The molecule has 2 aliphatic carbocycles. The van der Waals surface area contributed by atoms with Gasteiger partial charge >= 0.3 is 0 Å². The number of hydrogen-bond donors (Lipinski definition) is 0. The fourth-order valence-corrected chi connectivity index (χ4v) is 3.54. The number of aldehydes is 1. The van der Waals surface area contributed by atoms with E-state index in [1.807, 2.05) is 13.8 Å². The Morgan fingerprint density at radius 1 is 1.29 bits per heavy atom. The maximum Gasteiger partial charge on any atom is 0.159 e. The predicted octanol–water partition coefficient (Wildman–Crippen LogP) is 1.70. The molecule has 3 atom stereocenters. The van der Waals surface area contributed by atoms with Gasteiger partial charge in [-0.15, -0.1) is 0 Å². The van der Waals surface area contributed by atoms with Gasteiger partial charge in [0.05, 0.1) is 6.10 Å². The lowest BCUT2D eigenvalue weighted by Crippen LogP contribution is -2.49. The molecule has 116 valence electrons. The summed E-state index contributed by atoms with van der Waals surface area (Å²) in [5, 5.41) is 0. The summed E-state index contributed by atoms with van der Waals surface area (Å²) in [6, 6.07) is 0. The van der Waals surface area contributed by atoms with Crippen LogP contribution in [0, 0.1) is 17.3 Å². The first-order chi connectivity index (χ1) is 9.90. The monoisotopic (exact) mass is 294 g/mol. The van der Waals surface area contributed by atoms with Crippen LogP contribution in [0.25, 0.3) is 0 Å². The highest BCUT2D eigenvalue weighted by molar-refractivity contribution is 6.02. The van der Waals surface area contributed by atoms with Crippen molar-refractivity contribution in [1.82, 2.24) is 0 Å². The number of hydrogen-bond acceptors (Lipinski definition) is 5. The van der Waals surface area contributed by atoms with Crippen molar-refractivity contribution in [3.63, 3.8) is 0 Å². The van der Waals surface area contributed by atoms with Crippen LogP contribution in [0.4, 0.5) is 0 Å². The summed E-state index contributed by atoms with van der Waals surface area (Å²) in [6.45, 7) is 4.08. The number of rotatable bonds is 4. The summed E-state index contributed by atoms with van der Waals surface area (Å²) in [4.78, 5) is 35.9. The van der Waals surface area contributed by atoms with E-state index in [1.54, 1.807) is 7.11 Å². The van der Waals surface area contributed by atoms with E-state index in [-0.39, 0.29) is 48.3 Å². The Labute approximate surface area is 124 Å². The number of Topliss-reactive ketones (excluding diaryl/α,β-unsaturated/α-hetero) is 1. The number of ether oxygens (including phenoxy) is 2. The molecule has 2 aliphatic rings. The number of allylic oxidation sites excluding steroid dienone is 2. The normalized spacial score (nSPS) is 32.1. The number of ketones is 2. The van der Waals surface area contributed by atoms with Crippen molar-refractivity contribution >= 4 is 17.9 Å². The standard InChI is InChI=1S/C16H22O5/c1-16(2)12-6-11(21-9-20-3)7-13(16)15(19)5-10(8-17)4-14(12)18/h4,8,11-13H,5-7,9H2,1-3H3/t11-,12-,13+/m0/s1. The summed E-state index contributed by atoms with van der Waals surface area (Å²) in [5.41, 5.74) is -0.127. The zero-order chi connectivity index (χ0) is 15.6. The van der Waals surface area contributed by atoms with E-state index in [9.17, 15) is 14.4 Å². The topological polar surface area (TPSA) is 69.7 Å². The van der Waals surface area contributed by atoms with E-state index in [2.05, 4.69) is 0 Å². The molecule has 0 N–H and O–H groups in total. The quantitative estimate of drug-likeness (QED) is 0.583. The van der Waals surface area contributed by atoms with E-state index in [0.29, 0.717) is 19.1 Å². The molecule has 5 nitrogen and oxygen atoms in total. The molecule has 0 radical (unpaired) electrons. The molecule has 2 bridgehead atoms. The second-order valence-corrected chi connectivity index (χ2v) is 6.48. The fraction of sp³-hybridized carbons (Fsp3) is 0.688. The minimum atomic E-state index is -0.411. The maximum atomic E-state index is 12.5. The minimum absolute atomic E-state index is 0.0153. The van der Waals surface area contributed by atoms with Crippen LogP contribution in [0.15, 0.2) is 11.6 Å². The van der Waals surface area contributed by atoms with Crippen molar-refractivity contribution in [3.8, 4) is 0 Å². The van der Waals surface area contributed by atoms with Gasteiger partial charge in [0.15, 0.2) is 5.78 Å². The van der Waals surface area contributed by atoms with Crippen molar-refractivity contribution in [3.05, 3.63) is 11.6 Å². The molecule has 2 rings (SSSR count). The van der Waals surface area contributed by atoms with Gasteiger partial charge in [0.2, 0.25) is 0 Å². The summed E-state index contributed by atoms with van der Waals surface area (Å²) in [5.74, 6) is -0.644. The Morgan fingerprint density at radius 3 is 2.57 bits per heavy atom. The lowest BCUT2D eigenvalue weighted by Gasteiger charge is -2.47. The van der Waals surface area contributed by atoms with Gasteiger partial charge < -0.3 is 9.47 Å². The van der Waals surface area contributed by atoms with Crippen molar-refractivity contribution in [1.29, 1.82) is 0 Å². The Balaban J connectivity index is 2.34. The third kappa shape index (κ3) is 3.14. The van der Waals surface area contributed by atoms with Gasteiger partial charge in [0, 0.05) is 30.9 Å². The van der Waals surface area contributed by atoms with Gasteiger partial charge in [-0.1, -0.05) is 13.8 Å². The van der Waals surface area contributed by atoms with Crippen LogP contribution in [0.5, 0.6) is 0 Å². The molecule has 0 aromatic rings. The molecule has 0 amide bonds. The van der Waals surface area contributed by atoms with Crippen molar-refractivity contribution in [2.45, 2.75) is 39.2 Å². The molecule has 0 unspecified atom stereocenters. The molecular formula is C16H22O5. The Bertz CT molecular complexity index is 477. The van der Waals surface area contributed by atoms with Gasteiger partial charge in [0.1, 0.15) is 18.9 Å². The van der Waals surface area contributed by atoms with Gasteiger partial charge in [-0.25, -0.2) is 0 Å². The number of carbonyl (C=O) groups is 3. The first-order valence-electron chi connectivity index (χ1n) is 7.23. The molecule has 21 heavy (non-hydrogen) atoms. The second-order valence-electron chi connectivity index (χ2n) is 6.48. The zero-order valence-corrected chi connectivity index (χ0v) is 12.8. The number of methoxy groups -OCH3 is 1. The Hall–Kier alpha value is -1.33. The van der Waals surface area contributed by atoms with Crippen LogP contribution in [0.2, 0.25) is 0 Å². The van der Waals surface area contributed by atoms with Crippen molar-refractivity contribution in [2.24, 2.45) is 17.3 Å². The summed E-state index contributed by atoms with van der Waals surface area (Å²) >= 11 is 0. The highest BCUT2D eigenvalue weighted by atomic mass is 16.7. The predicted molar refractivity (Wildman–Crippen MR) is 75.5 cm³/mol. The van der Waals surface area contributed by atoms with Crippen LogP contribution >= 0.6 is 0 Å². The summed E-state index contributed by atoms with van der Waals surface area (Å²) < 4.78 is 10.5. The van der Waals surface area contributed by atoms with Gasteiger partial charge in [0.25, 0.3) is 0 Å². The van der Waals surface area contributed by atoms with Crippen molar-refractivity contribution < 1.29 is 23.9 Å². The molecule has 1 saturated carbocycles. The SMILES string of the molecule is COCO[C@@H]1C[C@@H]2C(=O)CC(C=O)=CC(=O)[C@H](C1)C2(C)C. The van der Waals surface area contributed by atoms with Crippen LogP contribution in [0.3, 0.4) is 0 Å². The van der Waals surface area contributed by atoms with Crippen LogP contribution < -0.4 is 0 Å². The number of carbonyl (C=O) groups excluding carboxylic acids is 3. The third-order valence-electron chi connectivity index (χ3n) is 4.80. The van der Waals surface area contributed by atoms with E-state index < -0.39 is 5.41 Å². The van der Waals surface area contributed by atoms with Gasteiger partial charge in [-0.2, -0.15) is 0 Å². The largest absolute Gasteiger partial charge is 0.359 e. The molecule has 5 heteroatoms. The van der Waals surface area contributed by atoms with Crippen LogP contribution in [-0.2, 0) is 23.9 Å². The van der Waals surface area contributed by atoms with E-state index in [1.165, 1.54) is 6.08 Å². The third-order valence-corrected chi connectivity index (χ3v) is 4.80. The molecule has 0 spiro atoms. The minimum Gasteiger partial charge on any atom is -0.359 e. The number of fused-ring (bicyclic) bond motifs is 2. The maximum absolute atomic E-state index is 12.5. The van der Waals surface area contributed by atoms with Crippen LogP contribution in [0.1, 0.15) is 33.1 Å². The average Bonchev–Trinajstić information content (AvgIpc) is 2.43. The zero-order valence-electron chi connectivity index (χ0n) is 12.8. The second kappa shape index (κ2) is 6.20. The Morgan fingerprint density at radius 2 is 1.95 bits per heavy atom. The Kier molecular flexibility index (Phi) is 4.74. The molecule has 0 saturated heterocycles. The van der Waals surface area contributed by atoms with Gasteiger partial charge in [-0.05, 0) is 24.3 Å². The van der Waals surface area contributed by atoms with E-state index in [0.717, 1.165) is 0 Å².